The summed E-state index contributed by atoms with van der Waals surface area (Å²) >= 11 is 5.75. The summed E-state index contributed by atoms with van der Waals surface area (Å²) in [5.74, 6) is 1.21. The van der Waals surface area contributed by atoms with E-state index in [0.29, 0.717) is 18.4 Å². The van der Waals surface area contributed by atoms with Gasteiger partial charge in [-0.1, -0.05) is 33.1 Å². The molecule has 0 amide bonds. The number of aromatic nitrogens is 2. The van der Waals surface area contributed by atoms with Crippen molar-refractivity contribution in [3.63, 3.8) is 0 Å². The van der Waals surface area contributed by atoms with Crippen LogP contribution in [0.4, 0.5) is 0 Å². The van der Waals surface area contributed by atoms with Crippen LogP contribution in [0.15, 0.2) is 6.20 Å². The molecule has 1 heterocycles. The summed E-state index contributed by atoms with van der Waals surface area (Å²) in [4.78, 5) is 8.00. The molecular formula is C13H21ClN2O. The van der Waals surface area contributed by atoms with Crippen LogP contribution in [0.1, 0.15) is 45.1 Å². The molecule has 0 aromatic carbocycles. The minimum atomic E-state index is 0.243. The maximum Gasteiger partial charge on any atom is 0.225 e. The Bertz CT molecular complexity index is 344. The molecule has 0 fully saturated rings. The number of rotatable bonds is 7. The quantitative estimate of drug-likeness (QED) is 0.691. The molecule has 1 rings (SSSR count). The summed E-state index contributed by atoms with van der Waals surface area (Å²) in [7, 11) is 0. The normalized spacial score (nSPS) is 12.5. The van der Waals surface area contributed by atoms with Crippen molar-refractivity contribution in [3.8, 4) is 5.88 Å². The Hall–Kier alpha value is -0.830. The van der Waals surface area contributed by atoms with Crippen LogP contribution in [0.25, 0.3) is 0 Å². The first-order valence-electron chi connectivity index (χ1n) is 6.29. The summed E-state index contributed by atoms with van der Waals surface area (Å²) in [5.41, 5.74) is 0.930. The molecule has 17 heavy (non-hydrogen) atoms. The van der Waals surface area contributed by atoms with Crippen LogP contribution < -0.4 is 4.74 Å². The predicted molar refractivity (Wildman–Crippen MR) is 70.6 cm³/mol. The molecule has 3 nitrogen and oxygen atoms in total. The average molecular weight is 257 g/mol. The third-order valence-corrected chi connectivity index (χ3v) is 3.08. The largest absolute Gasteiger partial charge is 0.477 e. The van der Waals surface area contributed by atoms with Gasteiger partial charge in [0.25, 0.3) is 0 Å². The summed E-state index contributed by atoms with van der Waals surface area (Å²) in [6.07, 6.45) is 6.53. The molecule has 0 spiro atoms. The highest BCUT2D eigenvalue weighted by molar-refractivity contribution is 6.28. The second kappa shape index (κ2) is 7.49. The zero-order chi connectivity index (χ0) is 12.7. The first-order chi connectivity index (χ1) is 8.17. The van der Waals surface area contributed by atoms with E-state index in [1.807, 2.05) is 6.92 Å². The van der Waals surface area contributed by atoms with Gasteiger partial charge < -0.3 is 4.74 Å². The van der Waals surface area contributed by atoms with Crippen molar-refractivity contribution in [3.05, 3.63) is 17.0 Å². The lowest BCUT2D eigenvalue weighted by Crippen LogP contribution is -2.12. The van der Waals surface area contributed by atoms with Crippen LogP contribution in [-0.4, -0.2) is 16.6 Å². The van der Waals surface area contributed by atoms with E-state index in [0.717, 1.165) is 12.0 Å². The van der Waals surface area contributed by atoms with E-state index in [-0.39, 0.29) is 5.28 Å². The molecule has 96 valence electrons. The monoisotopic (exact) mass is 256 g/mol. The van der Waals surface area contributed by atoms with Gasteiger partial charge in [-0.3, -0.25) is 0 Å². The fourth-order valence-corrected chi connectivity index (χ4v) is 1.77. The molecule has 0 bridgehead atoms. The molecule has 0 aliphatic rings. The van der Waals surface area contributed by atoms with Gasteiger partial charge in [-0.2, -0.15) is 4.98 Å². The Balaban J connectivity index is 2.50. The molecule has 0 saturated carbocycles. The minimum absolute atomic E-state index is 0.243. The van der Waals surface area contributed by atoms with Crippen LogP contribution >= 0.6 is 11.6 Å². The Kier molecular flexibility index (Phi) is 6.27. The molecule has 0 aliphatic heterocycles. The average Bonchev–Trinajstić information content (AvgIpc) is 2.33. The van der Waals surface area contributed by atoms with Gasteiger partial charge in [0.1, 0.15) is 0 Å². The Labute approximate surface area is 109 Å². The number of hydrogen-bond acceptors (Lipinski definition) is 3. The van der Waals surface area contributed by atoms with E-state index < -0.39 is 0 Å². The highest BCUT2D eigenvalue weighted by Crippen LogP contribution is 2.18. The van der Waals surface area contributed by atoms with Gasteiger partial charge in [0.2, 0.25) is 11.2 Å². The van der Waals surface area contributed by atoms with Crippen LogP contribution in [0, 0.1) is 12.8 Å². The number of ether oxygens (including phenoxy) is 1. The Morgan fingerprint density at radius 1 is 1.41 bits per heavy atom. The predicted octanol–water partition coefficient (Wildman–Crippen LogP) is 4.03. The third kappa shape index (κ3) is 4.90. The Morgan fingerprint density at radius 2 is 2.18 bits per heavy atom. The number of halogens is 1. The number of nitrogens with zero attached hydrogens (tertiary/aromatic N) is 2. The van der Waals surface area contributed by atoms with Crippen molar-refractivity contribution in [2.24, 2.45) is 5.92 Å². The van der Waals surface area contributed by atoms with E-state index in [2.05, 4.69) is 23.8 Å². The van der Waals surface area contributed by atoms with Gasteiger partial charge in [-0.05, 0) is 30.9 Å². The van der Waals surface area contributed by atoms with Crippen molar-refractivity contribution in [1.29, 1.82) is 0 Å². The lowest BCUT2D eigenvalue weighted by Gasteiger charge is -2.15. The lowest BCUT2D eigenvalue weighted by atomic mass is 10.0. The van der Waals surface area contributed by atoms with E-state index >= 15 is 0 Å². The van der Waals surface area contributed by atoms with Crippen molar-refractivity contribution in [2.75, 3.05) is 6.61 Å². The molecule has 1 unspecified atom stereocenters. The number of aryl methyl sites for hydroxylation is 1. The van der Waals surface area contributed by atoms with Crippen LogP contribution in [0.2, 0.25) is 5.28 Å². The van der Waals surface area contributed by atoms with Gasteiger partial charge >= 0.3 is 0 Å². The van der Waals surface area contributed by atoms with Gasteiger partial charge in [0.15, 0.2) is 0 Å². The second-order valence-corrected chi connectivity index (χ2v) is 4.69. The third-order valence-electron chi connectivity index (χ3n) is 2.89. The fraction of sp³-hybridized carbons (Fsp3) is 0.692. The second-order valence-electron chi connectivity index (χ2n) is 4.35. The van der Waals surface area contributed by atoms with Crippen molar-refractivity contribution >= 4 is 11.6 Å². The maximum atomic E-state index is 5.75. The first-order valence-corrected chi connectivity index (χ1v) is 6.67. The smallest absolute Gasteiger partial charge is 0.225 e. The van der Waals surface area contributed by atoms with Crippen LogP contribution in [0.5, 0.6) is 5.88 Å². The summed E-state index contributed by atoms with van der Waals surface area (Å²) in [6, 6.07) is 0. The molecule has 4 heteroatoms. The van der Waals surface area contributed by atoms with Crippen molar-refractivity contribution < 1.29 is 4.74 Å². The van der Waals surface area contributed by atoms with Crippen molar-refractivity contribution in [2.45, 2.75) is 46.5 Å². The van der Waals surface area contributed by atoms with Gasteiger partial charge in [0, 0.05) is 11.8 Å². The van der Waals surface area contributed by atoms with Crippen LogP contribution in [-0.2, 0) is 0 Å². The topological polar surface area (TPSA) is 35.0 Å². The summed E-state index contributed by atoms with van der Waals surface area (Å²) in [5, 5.41) is 0.243. The van der Waals surface area contributed by atoms with E-state index in [1.165, 1.54) is 19.3 Å². The van der Waals surface area contributed by atoms with E-state index in [9.17, 15) is 0 Å². The molecule has 1 aromatic rings. The fourth-order valence-electron chi connectivity index (χ4n) is 1.65. The zero-order valence-corrected chi connectivity index (χ0v) is 11.6. The highest BCUT2D eigenvalue weighted by atomic mass is 35.5. The zero-order valence-electron chi connectivity index (χ0n) is 10.9. The summed E-state index contributed by atoms with van der Waals surface area (Å²) in [6.45, 7) is 7.05. The summed E-state index contributed by atoms with van der Waals surface area (Å²) < 4.78 is 5.73. The Morgan fingerprint density at radius 3 is 2.82 bits per heavy atom. The minimum Gasteiger partial charge on any atom is -0.477 e. The first kappa shape index (κ1) is 14.2. The van der Waals surface area contributed by atoms with E-state index in [1.54, 1.807) is 6.20 Å². The van der Waals surface area contributed by atoms with Gasteiger partial charge in [-0.15, -0.1) is 0 Å². The van der Waals surface area contributed by atoms with Crippen molar-refractivity contribution in [1.82, 2.24) is 9.97 Å². The molecule has 1 atom stereocenters. The molecule has 0 radical (unpaired) electrons. The van der Waals surface area contributed by atoms with E-state index in [4.69, 9.17) is 16.3 Å². The number of hydrogen-bond donors (Lipinski definition) is 0. The molecule has 0 aliphatic carbocycles. The van der Waals surface area contributed by atoms with Crippen LogP contribution in [0.3, 0.4) is 0 Å². The SMILES string of the molecule is CCCCC(CC)COc1nc(Cl)ncc1C. The maximum absolute atomic E-state index is 5.75. The molecular weight excluding hydrogens is 236 g/mol. The molecule has 0 saturated heterocycles. The lowest BCUT2D eigenvalue weighted by molar-refractivity contribution is 0.224. The van der Waals surface area contributed by atoms with Gasteiger partial charge in [0.05, 0.1) is 6.61 Å². The molecule has 0 N–H and O–H groups in total. The van der Waals surface area contributed by atoms with Gasteiger partial charge in [-0.25, -0.2) is 4.98 Å². The number of unbranched alkanes of at least 4 members (excludes halogenated alkanes) is 1. The highest BCUT2D eigenvalue weighted by Gasteiger charge is 2.09. The molecule has 1 aromatic heterocycles. The standard InChI is InChI=1S/C13H21ClN2O/c1-4-6-7-11(5-2)9-17-12-10(3)8-15-13(14)16-12/h8,11H,4-7,9H2,1-3H3.